The van der Waals surface area contributed by atoms with Crippen molar-refractivity contribution in [3.63, 3.8) is 0 Å². The Hall–Kier alpha value is -3.07. The molecule has 2 aliphatic rings. The van der Waals surface area contributed by atoms with E-state index < -0.39 is 30.4 Å². The third-order valence-electron chi connectivity index (χ3n) is 4.59. The van der Waals surface area contributed by atoms with Gasteiger partial charge in [0.1, 0.15) is 30.0 Å². The van der Waals surface area contributed by atoms with E-state index in [1.165, 1.54) is 11.0 Å². The Bertz CT molecular complexity index is 902. The van der Waals surface area contributed by atoms with E-state index in [-0.39, 0.29) is 12.1 Å². The molecule has 1 atom stereocenters. The van der Waals surface area contributed by atoms with E-state index in [1.807, 2.05) is 6.07 Å². The lowest BCUT2D eigenvalue weighted by Gasteiger charge is -2.33. The van der Waals surface area contributed by atoms with Crippen molar-refractivity contribution in [2.75, 3.05) is 31.6 Å². The van der Waals surface area contributed by atoms with Gasteiger partial charge in [-0.1, -0.05) is 6.07 Å². The monoisotopic (exact) mass is 388 g/mol. The Kier molecular flexibility index (Phi) is 5.16. The first-order chi connectivity index (χ1) is 13.6. The van der Waals surface area contributed by atoms with E-state index in [4.69, 9.17) is 9.47 Å². The van der Waals surface area contributed by atoms with Crippen LogP contribution in [0, 0.1) is 11.6 Å². The Morgan fingerprint density at radius 2 is 2.11 bits per heavy atom. The lowest BCUT2D eigenvalue weighted by atomic mass is 10.1. The number of benzene rings is 1. The van der Waals surface area contributed by atoms with Crippen LogP contribution in [0.2, 0.25) is 0 Å². The molecular formula is C19H18F2N4O3. The zero-order valence-corrected chi connectivity index (χ0v) is 14.9. The summed E-state index contributed by atoms with van der Waals surface area (Å²) in [6, 6.07) is 7.14. The number of pyridine rings is 1. The van der Waals surface area contributed by atoms with Crippen molar-refractivity contribution in [3.05, 3.63) is 53.7 Å². The standard InChI is InChI=1S/C19H18F2N4O3/c20-13-3-1-4-14(21)12(13)11-28-19(26)25-7-8-27-17(10-25)16-9-23-18-15(24-16)5-2-6-22-18/h1-6,17H,7-11H2,(H,22,23). The number of ether oxygens (including phenoxy) is 2. The number of aliphatic imine (C=N–C) groups is 1. The number of fused-ring (bicyclic) bond motifs is 1. The molecule has 0 aliphatic carbocycles. The molecule has 1 saturated heterocycles. The maximum Gasteiger partial charge on any atom is 0.410 e. The van der Waals surface area contributed by atoms with E-state index in [9.17, 15) is 13.6 Å². The van der Waals surface area contributed by atoms with Crippen LogP contribution in [-0.2, 0) is 16.1 Å². The number of amides is 1. The molecule has 1 amide bonds. The normalized spacial score (nSPS) is 18.7. The molecule has 1 aromatic carbocycles. The predicted octanol–water partition coefficient (Wildman–Crippen LogP) is 2.90. The van der Waals surface area contributed by atoms with Crippen LogP contribution >= 0.6 is 0 Å². The first kappa shape index (κ1) is 18.3. The third-order valence-corrected chi connectivity index (χ3v) is 4.59. The number of carbonyl (C=O) groups excluding carboxylic acids is 1. The quantitative estimate of drug-likeness (QED) is 0.875. The number of aromatic nitrogens is 1. The van der Waals surface area contributed by atoms with Crippen molar-refractivity contribution in [2.24, 2.45) is 4.99 Å². The van der Waals surface area contributed by atoms with Crippen molar-refractivity contribution in [2.45, 2.75) is 12.7 Å². The minimum Gasteiger partial charge on any atom is -0.444 e. The average molecular weight is 388 g/mol. The highest BCUT2D eigenvalue weighted by molar-refractivity contribution is 5.98. The highest BCUT2D eigenvalue weighted by atomic mass is 19.1. The van der Waals surface area contributed by atoms with Gasteiger partial charge in [0, 0.05) is 12.7 Å². The lowest BCUT2D eigenvalue weighted by molar-refractivity contribution is 0.000743. The Morgan fingerprint density at radius 3 is 2.93 bits per heavy atom. The number of rotatable bonds is 3. The van der Waals surface area contributed by atoms with Crippen LogP contribution in [0.1, 0.15) is 5.56 Å². The molecule has 0 saturated carbocycles. The first-order valence-corrected chi connectivity index (χ1v) is 8.84. The fraction of sp³-hybridized carbons (Fsp3) is 0.316. The van der Waals surface area contributed by atoms with Crippen LogP contribution in [0.25, 0.3) is 0 Å². The second-order valence-electron chi connectivity index (χ2n) is 6.39. The average Bonchev–Trinajstić information content (AvgIpc) is 2.73. The molecule has 9 heteroatoms. The number of hydrogen-bond donors (Lipinski definition) is 1. The summed E-state index contributed by atoms with van der Waals surface area (Å²) >= 11 is 0. The van der Waals surface area contributed by atoms with Gasteiger partial charge in [0.05, 0.1) is 31.0 Å². The van der Waals surface area contributed by atoms with Crippen molar-refractivity contribution < 1.29 is 23.0 Å². The van der Waals surface area contributed by atoms with Crippen LogP contribution < -0.4 is 5.32 Å². The van der Waals surface area contributed by atoms with Gasteiger partial charge in [-0.2, -0.15) is 0 Å². The molecule has 3 heterocycles. The Morgan fingerprint density at radius 1 is 1.29 bits per heavy atom. The van der Waals surface area contributed by atoms with Gasteiger partial charge < -0.3 is 19.7 Å². The molecule has 0 bridgehead atoms. The first-order valence-electron chi connectivity index (χ1n) is 8.84. The summed E-state index contributed by atoms with van der Waals surface area (Å²) in [4.78, 5) is 22.6. The Balaban J connectivity index is 1.40. The van der Waals surface area contributed by atoms with E-state index >= 15 is 0 Å². The molecule has 146 valence electrons. The molecule has 4 rings (SSSR count). The van der Waals surface area contributed by atoms with Crippen molar-refractivity contribution in [1.82, 2.24) is 9.88 Å². The number of anilines is 1. The summed E-state index contributed by atoms with van der Waals surface area (Å²) in [6.45, 7) is 0.869. The maximum atomic E-state index is 13.7. The third kappa shape index (κ3) is 3.79. The number of morpholine rings is 1. The summed E-state index contributed by atoms with van der Waals surface area (Å²) in [5.41, 5.74) is 1.19. The van der Waals surface area contributed by atoms with Gasteiger partial charge in [-0.15, -0.1) is 0 Å². The van der Waals surface area contributed by atoms with Crippen LogP contribution in [-0.4, -0.2) is 54.0 Å². The molecule has 0 radical (unpaired) electrons. The van der Waals surface area contributed by atoms with Crippen molar-refractivity contribution in [1.29, 1.82) is 0 Å². The van der Waals surface area contributed by atoms with E-state index in [1.54, 1.807) is 12.3 Å². The molecular weight excluding hydrogens is 370 g/mol. The van der Waals surface area contributed by atoms with Gasteiger partial charge in [0.15, 0.2) is 5.82 Å². The van der Waals surface area contributed by atoms with Crippen LogP contribution in [0.4, 0.5) is 25.1 Å². The van der Waals surface area contributed by atoms with E-state index in [2.05, 4.69) is 15.3 Å². The van der Waals surface area contributed by atoms with Gasteiger partial charge >= 0.3 is 6.09 Å². The topological polar surface area (TPSA) is 76.0 Å². The molecule has 2 aliphatic heterocycles. The molecule has 1 unspecified atom stereocenters. The fourth-order valence-electron chi connectivity index (χ4n) is 3.09. The molecule has 2 aromatic rings. The minimum absolute atomic E-state index is 0.245. The van der Waals surface area contributed by atoms with Gasteiger partial charge in [-0.3, -0.25) is 0 Å². The summed E-state index contributed by atoms with van der Waals surface area (Å²) in [5.74, 6) is -0.796. The van der Waals surface area contributed by atoms with Crippen molar-refractivity contribution >= 4 is 23.3 Å². The molecule has 1 aromatic heterocycles. The largest absolute Gasteiger partial charge is 0.444 e. The smallest absolute Gasteiger partial charge is 0.410 e. The lowest BCUT2D eigenvalue weighted by Crippen LogP contribution is -2.50. The SMILES string of the molecule is O=C(OCc1c(F)cccc1F)N1CCOC(C2=Nc3cccnc3NC2)C1. The summed E-state index contributed by atoms with van der Waals surface area (Å²) < 4.78 is 38.2. The zero-order chi connectivity index (χ0) is 19.5. The zero-order valence-electron chi connectivity index (χ0n) is 14.9. The van der Waals surface area contributed by atoms with Crippen LogP contribution in [0.5, 0.6) is 0 Å². The molecule has 1 fully saturated rings. The highest BCUT2D eigenvalue weighted by Gasteiger charge is 2.30. The van der Waals surface area contributed by atoms with Gasteiger partial charge in [0.2, 0.25) is 0 Å². The number of carbonyl (C=O) groups is 1. The summed E-state index contributed by atoms with van der Waals surface area (Å²) in [7, 11) is 0. The maximum absolute atomic E-state index is 13.7. The van der Waals surface area contributed by atoms with Crippen LogP contribution in [0.3, 0.4) is 0 Å². The van der Waals surface area contributed by atoms with Gasteiger partial charge in [0.25, 0.3) is 0 Å². The van der Waals surface area contributed by atoms with Gasteiger partial charge in [-0.05, 0) is 24.3 Å². The number of nitrogens with one attached hydrogen (secondary N) is 1. The second kappa shape index (κ2) is 7.89. The highest BCUT2D eigenvalue weighted by Crippen LogP contribution is 2.26. The van der Waals surface area contributed by atoms with E-state index in [0.717, 1.165) is 17.8 Å². The molecule has 28 heavy (non-hydrogen) atoms. The van der Waals surface area contributed by atoms with Crippen LogP contribution in [0.15, 0.2) is 41.5 Å². The number of hydrogen-bond acceptors (Lipinski definition) is 6. The van der Waals surface area contributed by atoms with Crippen molar-refractivity contribution in [3.8, 4) is 0 Å². The number of nitrogens with zero attached hydrogens (tertiary/aromatic N) is 3. The molecule has 1 N–H and O–H groups in total. The minimum atomic E-state index is -0.748. The van der Waals surface area contributed by atoms with E-state index in [0.29, 0.717) is 31.2 Å². The molecule has 0 spiro atoms. The fourth-order valence-corrected chi connectivity index (χ4v) is 3.09. The number of halogens is 2. The summed E-state index contributed by atoms with van der Waals surface area (Å²) in [5, 5.41) is 3.17. The second-order valence-corrected chi connectivity index (χ2v) is 6.39. The van der Waals surface area contributed by atoms with Gasteiger partial charge in [-0.25, -0.2) is 23.6 Å². The summed E-state index contributed by atoms with van der Waals surface area (Å²) in [6.07, 6.45) is 0.634. The molecule has 7 nitrogen and oxygen atoms in total. The Labute approximate surface area is 160 Å². The predicted molar refractivity (Wildman–Crippen MR) is 97.7 cm³/mol.